The molecule has 1 aromatic heterocycles. The average Bonchev–Trinajstić information content (AvgIpc) is 3.35. The zero-order valence-corrected chi connectivity index (χ0v) is 16.1. The molecule has 0 saturated carbocycles. The van der Waals surface area contributed by atoms with Gasteiger partial charge in [-0.15, -0.1) is 0 Å². The molecule has 1 aliphatic rings. The van der Waals surface area contributed by atoms with E-state index in [0.717, 1.165) is 36.1 Å². The van der Waals surface area contributed by atoms with Crippen molar-refractivity contribution in [1.29, 1.82) is 0 Å². The Morgan fingerprint density at radius 2 is 1.89 bits per heavy atom. The summed E-state index contributed by atoms with van der Waals surface area (Å²) in [5, 5.41) is 0. The van der Waals surface area contributed by atoms with Crippen LogP contribution >= 0.6 is 0 Å². The molecule has 0 spiro atoms. The molecule has 4 rings (SSSR count). The maximum Gasteiger partial charge on any atom is 0.241 e. The minimum Gasteiger partial charge on any atom is -0.341 e. The van der Waals surface area contributed by atoms with Crippen LogP contribution in [0.4, 0.5) is 0 Å². The van der Waals surface area contributed by atoms with E-state index in [4.69, 9.17) is 0 Å². The van der Waals surface area contributed by atoms with Gasteiger partial charge in [0, 0.05) is 0 Å². The third-order valence-corrected chi connectivity index (χ3v) is 6.57. The third-order valence-electron chi connectivity index (χ3n) is 5.10. The molecule has 27 heavy (non-hydrogen) atoms. The molecule has 2 N–H and O–H groups in total. The van der Waals surface area contributed by atoms with E-state index < -0.39 is 16.1 Å². The van der Waals surface area contributed by atoms with E-state index >= 15 is 0 Å². The van der Waals surface area contributed by atoms with Crippen molar-refractivity contribution in [3.05, 3.63) is 71.7 Å². The summed E-state index contributed by atoms with van der Waals surface area (Å²) in [5.74, 6) is 0.626. The number of rotatable bonds is 6. The number of nitrogens with zero attached hydrogens (tertiary/aromatic N) is 1. The van der Waals surface area contributed by atoms with E-state index in [1.807, 2.05) is 49.4 Å². The van der Waals surface area contributed by atoms with Gasteiger partial charge in [0.1, 0.15) is 5.82 Å². The van der Waals surface area contributed by atoms with Gasteiger partial charge in [0.15, 0.2) is 0 Å². The van der Waals surface area contributed by atoms with Gasteiger partial charge in [0.25, 0.3) is 0 Å². The van der Waals surface area contributed by atoms with Gasteiger partial charge >= 0.3 is 0 Å². The maximum atomic E-state index is 12.9. The summed E-state index contributed by atoms with van der Waals surface area (Å²) >= 11 is 0. The number of sulfonamides is 1. The molecule has 0 bridgehead atoms. The van der Waals surface area contributed by atoms with Crippen LogP contribution in [0.25, 0.3) is 11.3 Å². The third kappa shape index (κ3) is 3.68. The number of hydrogen-bond acceptors (Lipinski definition) is 3. The van der Waals surface area contributed by atoms with Crippen LogP contribution in [-0.2, 0) is 22.9 Å². The summed E-state index contributed by atoms with van der Waals surface area (Å²) in [7, 11) is -3.61. The minimum atomic E-state index is -3.61. The van der Waals surface area contributed by atoms with E-state index in [-0.39, 0.29) is 0 Å². The lowest BCUT2D eigenvalue weighted by atomic mass is 10.1. The number of aromatic nitrogens is 2. The lowest BCUT2D eigenvalue weighted by Crippen LogP contribution is -2.29. The van der Waals surface area contributed by atoms with E-state index in [2.05, 4.69) is 14.7 Å². The molecule has 2 aromatic carbocycles. The van der Waals surface area contributed by atoms with Crippen LogP contribution < -0.4 is 4.72 Å². The van der Waals surface area contributed by atoms with Crippen molar-refractivity contribution in [2.45, 2.75) is 43.5 Å². The van der Waals surface area contributed by atoms with Crippen molar-refractivity contribution < 1.29 is 8.42 Å². The summed E-state index contributed by atoms with van der Waals surface area (Å²) in [6.07, 6.45) is 5.44. The Morgan fingerprint density at radius 3 is 2.67 bits per heavy atom. The second-order valence-corrected chi connectivity index (χ2v) is 8.63. The Bertz CT molecular complexity index is 1040. The molecule has 0 saturated heterocycles. The summed E-state index contributed by atoms with van der Waals surface area (Å²) in [6.45, 7) is 1.95. The number of imidazole rings is 1. The van der Waals surface area contributed by atoms with Gasteiger partial charge in [0.05, 0.1) is 22.8 Å². The molecule has 6 heteroatoms. The van der Waals surface area contributed by atoms with Gasteiger partial charge in [-0.25, -0.2) is 18.1 Å². The lowest BCUT2D eigenvalue weighted by Gasteiger charge is -2.15. The molecule has 1 aliphatic carbocycles. The quantitative estimate of drug-likeness (QED) is 0.678. The van der Waals surface area contributed by atoms with Crippen LogP contribution in [0.1, 0.15) is 42.8 Å². The number of fused-ring (bicyclic) bond motifs is 1. The summed E-state index contributed by atoms with van der Waals surface area (Å²) in [4.78, 5) is 8.01. The smallest absolute Gasteiger partial charge is 0.241 e. The predicted octanol–water partition coefficient (Wildman–Crippen LogP) is 4.00. The van der Waals surface area contributed by atoms with Crippen LogP contribution in [0.2, 0.25) is 0 Å². The monoisotopic (exact) mass is 381 g/mol. The van der Waals surface area contributed by atoms with Gasteiger partial charge in [-0.1, -0.05) is 43.3 Å². The second kappa shape index (κ2) is 7.29. The van der Waals surface area contributed by atoms with Crippen molar-refractivity contribution in [3.8, 4) is 11.3 Å². The molecule has 0 fully saturated rings. The number of H-pyrrole nitrogens is 1. The number of aryl methyl sites for hydroxylation is 2. The van der Waals surface area contributed by atoms with Crippen LogP contribution in [0.3, 0.4) is 0 Å². The summed E-state index contributed by atoms with van der Waals surface area (Å²) in [5.41, 5.74) is 4.31. The molecule has 0 amide bonds. The number of nitrogens with one attached hydrogen (secondary N) is 2. The number of benzene rings is 2. The van der Waals surface area contributed by atoms with Crippen molar-refractivity contribution in [1.82, 2.24) is 14.7 Å². The fraction of sp³-hybridized carbons (Fsp3) is 0.286. The zero-order valence-electron chi connectivity index (χ0n) is 15.3. The number of hydrogen-bond donors (Lipinski definition) is 2. The second-order valence-electron chi connectivity index (χ2n) is 6.91. The highest BCUT2D eigenvalue weighted by Gasteiger charge is 2.24. The first-order valence-corrected chi connectivity index (χ1v) is 10.8. The van der Waals surface area contributed by atoms with E-state index in [1.54, 1.807) is 12.3 Å². The van der Waals surface area contributed by atoms with Gasteiger partial charge < -0.3 is 4.98 Å². The van der Waals surface area contributed by atoms with E-state index in [1.165, 1.54) is 5.56 Å². The molecule has 1 atom stereocenters. The minimum absolute atomic E-state index is 0.330. The first kappa shape index (κ1) is 17.9. The van der Waals surface area contributed by atoms with Crippen LogP contribution in [0.15, 0.2) is 59.6 Å². The standard InChI is InChI=1S/C21H23N3O2S/c1-2-19(21-22-14-20(23-21)16-7-4-3-5-8-16)24-27(25,26)18-12-11-15-9-6-10-17(15)13-18/h3-5,7-8,11-14,19,24H,2,6,9-10H2,1H3,(H,22,23). The molecule has 3 aromatic rings. The fourth-order valence-electron chi connectivity index (χ4n) is 3.58. The SMILES string of the molecule is CCC(NS(=O)(=O)c1ccc2c(c1)CCC2)c1ncc(-c2ccccc2)[nH]1. The Labute approximate surface area is 159 Å². The molecule has 1 heterocycles. The van der Waals surface area contributed by atoms with E-state index in [0.29, 0.717) is 17.1 Å². The Morgan fingerprint density at radius 1 is 1.11 bits per heavy atom. The Balaban J connectivity index is 1.57. The van der Waals surface area contributed by atoms with Gasteiger partial charge in [0.2, 0.25) is 10.0 Å². The molecule has 0 radical (unpaired) electrons. The Hall–Kier alpha value is -2.44. The van der Waals surface area contributed by atoms with Gasteiger partial charge in [-0.05, 0) is 54.5 Å². The van der Waals surface area contributed by atoms with Crippen molar-refractivity contribution in [3.63, 3.8) is 0 Å². The Kier molecular flexibility index (Phi) is 4.85. The molecule has 5 nitrogen and oxygen atoms in total. The molecule has 0 aliphatic heterocycles. The summed E-state index contributed by atoms with van der Waals surface area (Å²) in [6, 6.07) is 14.9. The van der Waals surface area contributed by atoms with Crippen molar-refractivity contribution in [2.75, 3.05) is 0 Å². The highest BCUT2D eigenvalue weighted by molar-refractivity contribution is 7.89. The largest absolute Gasteiger partial charge is 0.341 e. The highest BCUT2D eigenvalue weighted by Crippen LogP contribution is 2.26. The van der Waals surface area contributed by atoms with Crippen LogP contribution in [0, 0.1) is 0 Å². The molecule has 1 unspecified atom stereocenters. The number of aromatic amines is 1. The summed E-state index contributed by atoms with van der Waals surface area (Å²) < 4.78 is 28.6. The normalized spacial score (nSPS) is 14.9. The molecule has 140 valence electrons. The maximum absolute atomic E-state index is 12.9. The zero-order chi connectivity index (χ0) is 18.9. The lowest BCUT2D eigenvalue weighted by molar-refractivity contribution is 0.539. The van der Waals surface area contributed by atoms with Crippen molar-refractivity contribution in [2.24, 2.45) is 0 Å². The fourth-order valence-corrected chi connectivity index (χ4v) is 4.91. The topological polar surface area (TPSA) is 74.8 Å². The van der Waals surface area contributed by atoms with Crippen molar-refractivity contribution >= 4 is 10.0 Å². The highest BCUT2D eigenvalue weighted by atomic mass is 32.2. The van der Waals surface area contributed by atoms with Gasteiger partial charge in [-0.3, -0.25) is 0 Å². The van der Waals surface area contributed by atoms with Crippen LogP contribution in [-0.4, -0.2) is 18.4 Å². The van der Waals surface area contributed by atoms with E-state index in [9.17, 15) is 8.42 Å². The van der Waals surface area contributed by atoms with Crippen LogP contribution in [0.5, 0.6) is 0 Å². The molecular formula is C21H23N3O2S. The molecular weight excluding hydrogens is 358 g/mol. The first-order chi connectivity index (χ1) is 13.1. The van der Waals surface area contributed by atoms with Gasteiger partial charge in [-0.2, -0.15) is 0 Å². The predicted molar refractivity (Wildman–Crippen MR) is 106 cm³/mol. The first-order valence-electron chi connectivity index (χ1n) is 9.31. The average molecular weight is 382 g/mol.